The third kappa shape index (κ3) is 2.54. The number of hydrogen-bond donors (Lipinski definition) is 0. The number of aromatic nitrogens is 3. The van der Waals surface area contributed by atoms with E-state index in [2.05, 4.69) is 15.1 Å². The first-order valence-corrected chi connectivity index (χ1v) is 7.50. The second kappa shape index (κ2) is 5.84. The molecule has 0 radical (unpaired) electrons. The van der Waals surface area contributed by atoms with Gasteiger partial charge in [-0.2, -0.15) is 4.98 Å². The van der Waals surface area contributed by atoms with E-state index in [1.54, 1.807) is 41.6 Å². The first-order valence-electron chi connectivity index (χ1n) is 7.50. The molecule has 0 saturated carbocycles. The highest BCUT2D eigenvalue weighted by molar-refractivity contribution is 5.95. The SMILES string of the molecule is O=C(c1ccccc1F)N1CC(c2nc(-c3ccncc3)no2)C1. The van der Waals surface area contributed by atoms with Crippen molar-refractivity contribution in [2.24, 2.45) is 0 Å². The second-order valence-corrected chi connectivity index (χ2v) is 5.58. The van der Waals surface area contributed by atoms with Crippen molar-refractivity contribution in [3.8, 4) is 11.4 Å². The molecule has 1 aliphatic rings. The summed E-state index contributed by atoms with van der Waals surface area (Å²) in [5, 5.41) is 3.95. The van der Waals surface area contributed by atoms with Gasteiger partial charge in [-0.1, -0.05) is 17.3 Å². The Labute approximate surface area is 136 Å². The number of likely N-dealkylation sites (tertiary alicyclic amines) is 1. The number of rotatable bonds is 3. The summed E-state index contributed by atoms with van der Waals surface area (Å²) in [4.78, 5) is 22.1. The molecule has 1 saturated heterocycles. The monoisotopic (exact) mass is 324 g/mol. The Morgan fingerprint density at radius 2 is 1.92 bits per heavy atom. The summed E-state index contributed by atoms with van der Waals surface area (Å²) in [7, 11) is 0. The van der Waals surface area contributed by atoms with Gasteiger partial charge in [0.05, 0.1) is 11.5 Å². The maximum atomic E-state index is 13.7. The number of benzene rings is 1. The van der Waals surface area contributed by atoms with Gasteiger partial charge in [-0.3, -0.25) is 9.78 Å². The Kier molecular flexibility index (Phi) is 3.53. The number of carbonyl (C=O) groups is 1. The maximum Gasteiger partial charge on any atom is 0.256 e. The van der Waals surface area contributed by atoms with Crippen LogP contribution in [-0.2, 0) is 0 Å². The number of halogens is 1. The van der Waals surface area contributed by atoms with Crippen molar-refractivity contribution in [1.82, 2.24) is 20.0 Å². The first-order chi connectivity index (χ1) is 11.7. The van der Waals surface area contributed by atoms with E-state index in [1.165, 1.54) is 12.1 Å². The molecule has 0 unspecified atom stereocenters. The fourth-order valence-electron chi connectivity index (χ4n) is 2.62. The highest BCUT2D eigenvalue weighted by atomic mass is 19.1. The lowest BCUT2D eigenvalue weighted by atomic mass is 9.98. The van der Waals surface area contributed by atoms with Crippen molar-refractivity contribution < 1.29 is 13.7 Å². The molecule has 0 N–H and O–H groups in total. The molecule has 4 rings (SSSR count). The first kappa shape index (κ1) is 14.5. The summed E-state index contributed by atoms with van der Waals surface area (Å²) in [5.74, 6) is 0.122. The van der Waals surface area contributed by atoms with E-state index in [4.69, 9.17) is 4.52 Å². The van der Waals surface area contributed by atoms with E-state index < -0.39 is 5.82 Å². The van der Waals surface area contributed by atoms with Crippen LogP contribution in [0.2, 0.25) is 0 Å². The summed E-state index contributed by atoms with van der Waals surface area (Å²) >= 11 is 0. The topological polar surface area (TPSA) is 72.1 Å². The lowest BCUT2D eigenvalue weighted by molar-refractivity contribution is 0.0564. The quantitative estimate of drug-likeness (QED) is 0.740. The Hall–Kier alpha value is -3.09. The Morgan fingerprint density at radius 1 is 1.17 bits per heavy atom. The molecule has 7 heteroatoms. The molecule has 120 valence electrons. The van der Waals surface area contributed by atoms with Gasteiger partial charge in [0.2, 0.25) is 11.7 Å². The molecule has 1 aromatic carbocycles. The molecule has 3 aromatic rings. The lowest BCUT2D eigenvalue weighted by Crippen LogP contribution is -2.48. The second-order valence-electron chi connectivity index (χ2n) is 5.58. The van der Waals surface area contributed by atoms with Crippen LogP contribution in [0.4, 0.5) is 4.39 Å². The van der Waals surface area contributed by atoms with Crippen LogP contribution in [0.5, 0.6) is 0 Å². The normalized spacial score (nSPS) is 14.5. The van der Waals surface area contributed by atoms with Crippen molar-refractivity contribution in [1.29, 1.82) is 0 Å². The van der Waals surface area contributed by atoms with Crippen LogP contribution >= 0.6 is 0 Å². The van der Waals surface area contributed by atoms with Crippen LogP contribution in [0.3, 0.4) is 0 Å². The molecule has 6 nitrogen and oxygen atoms in total. The van der Waals surface area contributed by atoms with E-state index >= 15 is 0 Å². The van der Waals surface area contributed by atoms with Crippen LogP contribution in [0.25, 0.3) is 11.4 Å². The highest BCUT2D eigenvalue weighted by Gasteiger charge is 2.36. The molecular weight excluding hydrogens is 311 g/mol. The van der Waals surface area contributed by atoms with Gasteiger partial charge in [0.15, 0.2) is 0 Å². The molecule has 0 atom stereocenters. The maximum absolute atomic E-state index is 13.7. The zero-order valence-electron chi connectivity index (χ0n) is 12.6. The minimum atomic E-state index is -0.510. The average molecular weight is 324 g/mol. The van der Waals surface area contributed by atoms with Crippen LogP contribution in [0.15, 0.2) is 53.3 Å². The van der Waals surface area contributed by atoms with Gasteiger partial charge < -0.3 is 9.42 Å². The van der Waals surface area contributed by atoms with E-state index in [9.17, 15) is 9.18 Å². The van der Waals surface area contributed by atoms with Crippen molar-refractivity contribution in [2.45, 2.75) is 5.92 Å². The Morgan fingerprint density at radius 3 is 2.67 bits per heavy atom. The molecule has 0 bridgehead atoms. The average Bonchev–Trinajstić information content (AvgIpc) is 3.04. The molecule has 3 heterocycles. The molecule has 2 aromatic heterocycles. The van der Waals surface area contributed by atoms with Gasteiger partial charge in [0.1, 0.15) is 5.82 Å². The number of pyridine rings is 1. The van der Waals surface area contributed by atoms with Crippen molar-refractivity contribution in [3.63, 3.8) is 0 Å². The predicted octanol–water partition coefficient (Wildman–Crippen LogP) is 2.51. The minimum absolute atomic E-state index is 0.0242. The molecule has 1 aliphatic heterocycles. The minimum Gasteiger partial charge on any atom is -0.339 e. The molecule has 1 amide bonds. The van der Waals surface area contributed by atoms with Crippen LogP contribution in [-0.4, -0.2) is 39.0 Å². The standard InChI is InChI=1S/C17H13FN4O2/c18-14-4-2-1-3-13(14)17(23)22-9-12(10-22)16-20-15(21-24-16)11-5-7-19-8-6-11/h1-8,12H,9-10H2. The molecule has 1 fully saturated rings. The van der Waals surface area contributed by atoms with E-state index in [0.717, 1.165) is 5.56 Å². The Balaban J connectivity index is 1.44. The third-order valence-corrected chi connectivity index (χ3v) is 4.00. The highest BCUT2D eigenvalue weighted by Crippen LogP contribution is 2.29. The number of hydrogen-bond acceptors (Lipinski definition) is 5. The van der Waals surface area contributed by atoms with Gasteiger partial charge in [-0.25, -0.2) is 4.39 Å². The molecule has 24 heavy (non-hydrogen) atoms. The summed E-state index contributed by atoms with van der Waals surface area (Å²) < 4.78 is 19.0. The van der Waals surface area contributed by atoms with Crippen LogP contribution in [0, 0.1) is 5.82 Å². The summed E-state index contributed by atoms with van der Waals surface area (Å²) in [6.45, 7) is 0.871. The fourth-order valence-corrected chi connectivity index (χ4v) is 2.62. The van der Waals surface area contributed by atoms with Crippen LogP contribution in [0.1, 0.15) is 22.2 Å². The van der Waals surface area contributed by atoms with Crippen LogP contribution < -0.4 is 0 Å². The predicted molar refractivity (Wildman–Crippen MR) is 82.6 cm³/mol. The van der Waals surface area contributed by atoms with Gasteiger partial charge in [0.25, 0.3) is 5.91 Å². The van der Waals surface area contributed by atoms with Gasteiger partial charge >= 0.3 is 0 Å². The van der Waals surface area contributed by atoms with E-state index in [1.807, 2.05) is 0 Å². The summed E-state index contributed by atoms with van der Waals surface area (Å²) in [6.07, 6.45) is 3.31. The van der Waals surface area contributed by atoms with Crippen molar-refractivity contribution >= 4 is 5.91 Å². The van der Waals surface area contributed by atoms with E-state index in [-0.39, 0.29) is 17.4 Å². The van der Waals surface area contributed by atoms with Crippen molar-refractivity contribution in [2.75, 3.05) is 13.1 Å². The summed E-state index contributed by atoms with van der Waals surface area (Å²) in [5.41, 5.74) is 0.901. The number of amides is 1. The molecular formula is C17H13FN4O2. The third-order valence-electron chi connectivity index (χ3n) is 4.00. The van der Waals surface area contributed by atoms with Crippen molar-refractivity contribution in [3.05, 3.63) is 66.1 Å². The largest absolute Gasteiger partial charge is 0.339 e. The molecule has 0 spiro atoms. The number of carbonyl (C=O) groups excluding carboxylic acids is 1. The Bertz CT molecular complexity index is 875. The van der Waals surface area contributed by atoms with Gasteiger partial charge in [-0.05, 0) is 24.3 Å². The summed E-state index contributed by atoms with van der Waals surface area (Å²) in [6, 6.07) is 9.56. The van der Waals surface area contributed by atoms with Gasteiger partial charge in [0, 0.05) is 31.0 Å². The van der Waals surface area contributed by atoms with E-state index in [0.29, 0.717) is 24.8 Å². The number of nitrogens with zero attached hydrogens (tertiary/aromatic N) is 4. The molecule has 0 aliphatic carbocycles. The zero-order chi connectivity index (χ0) is 16.5. The smallest absolute Gasteiger partial charge is 0.256 e. The lowest BCUT2D eigenvalue weighted by Gasteiger charge is -2.37. The van der Waals surface area contributed by atoms with Gasteiger partial charge in [-0.15, -0.1) is 0 Å². The zero-order valence-corrected chi connectivity index (χ0v) is 12.6. The fraction of sp³-hybridized carbons (Fsp3) is 0.176.